The molecule has 0 aromatic heterocycles. The largest absolute Gasteiger partial charge is 0.376 e. The van der Waals surface area contributed by atoms with Gasteiger partial charge in [-0.25, -0.2) is 8.42 Å². The Labute approximate surface area is 141 Å². The van der Waals surface area contributed by atoms with Gasteiger partial charge >= 0.3 is 0 Å². The van der Waals surface area contributed by atoms with Crippen LogP contribution >= 0.6 is 31.9 Å². The average molecular weight is 434 g/mol. The highest BCUT2D eigenvalue weighted by atomic mass is 79.9. The van der Waals surface area contributed by atoms with E-state index < -0.39 is 10.0 Å². The molecule has 2 aromatic carbocycles. The molecule has 4 nitrogen and oxygen atoms in total. The molecule has 112 valence electrons. The van der Waals surface area contributed by atoms with E-state index in [-0.39, 0.29) is 4.90 Å². The first-order valence-corrected chi connectivity index (χ1v) is 9.12. The number of nitrogens with zero attached hydrogens (tertiary/aromatic N) is 1. The van der Waals surface area contributed by atoms with Crippen LogP contribution in [0.25, 0.3) is 0 Å². The minimum atomic E-state index is -3.68. The molecule has 0 atom stereocenters. The van der Waals surface area contributed by atoms with Gasteiger partial charge < -0.3 is 4.90 Å². The molecule has 0 saturated heterocycles. The highest BCUT2D eigenvalue weighted by molar-refractivity contribution is 9.11. The Hall–Kier alpha value is -1.05. The van der Waals surface area contributed by atoms with Gasteiger partial charge in [-0.05, 0) is 46.3 Å². The van der Waals surface area contributed by atoms with Gasteiger partial charge in [0.05, 0.1) is 11.4 Å². The van der Waals surface area contributed by atoms with Gasteiger partial charge in [0, 0.05) is 23.0 Å². The van der Waals surface area contributed by atoms with Crippen LogP contribution in [0.4, 0.5) is 11.4 Å². The second kappa shape index (κ2) is 6.37. The van der Waals surface area contributed by atoms with Crippen LogP contribution in [0, 0.1) is 0 Å². The van der Waals surface area contributed by atoms with Crippen molar-refractivity contribution in [3.8, 4) is 0 Å². The molecule has 21 heavy (non-hydrogen) atoms. The molecule has 0 bridgehead atoms. The second-order valence-corrected chi connectivity index (χ2v) is 8.01. The summed E-state index contributed by atoms with van der Waals surface area (Å²) in [6.45, 7) is 0. The van der Waals surface area contributed by atoms with Crippen LogP contribution in [0.5, 0.6) is 0 Å². The molecule has 0 amide bonds. The van der Waals surface area contributed by atoms with Gasteiger partial charge in [-0.2, -0.15) is 0 Å². The fraction of sp³-hybridized carbons (Fsp3) is 0.143. The highest BCUT2D eigenvalue weighted by Crippen LogP contribution is 2.30. The van der Waals surface area contributed by atoms with Crippen LogP contribution in [0.3, 0.4) is 0 Å². The molecule has 0 aliphatic rings. The number of nitrogens with one attached hydrogen (secondary N) is 1. The second-order valence-electron chi connectivity index (χ2n) is 4.59. The fourth-order valence-electron chi connectivity index (χ4n) is 1.83. The van der Waals surface area contributed by atoms with Crippen molar-refractivity contribution in [2.45, 2.75) is 4.90 Å². The first kappa shape index (κ1) is 16.3. The molecule has 0 heterocycles. The van der Waals surface area contributed by atoms with Crippen LogP contribution in [0.15, 0.2) is 56.3 Å². The molecule has 1 N–H and O–H groups in total. The highest BCUT2D eigenvalue weighted by Gasteiger charge is 2.19. The van der Waals surface area contributed by atoms with Crippen LogP contribution < -0.4 is 9.62 Å². The van der Waals surface area contributed by atoms with Crippen molar-refractivity contribution in [3.05, 3.63) is 51.4 Å². The van der Waals surface area contributed by atoms with E-state index in [9.17, 15) is 8.42 Å². The molecule has 0 fully saturated rings. The third-order valence-electron chi connectivity index (χ3n) is 2.81. The molecule has 0 unspecified atom stereocenters. The van der Waals surface area contributed by atoms with E-state index in [1.54, 1.807) is 30.3 Å². The zero-order chi connectivity index (χ0) is 15.6. The zero-order valence-corrected chi connectivity index (χ0v) is 15.5. The van der Waals surface area contributed by atoms with Crippen molar-refractivity contribution in [2.75, 3.05) is 23.7 Å². The van der Waals surface area contributed by atoms with E-state index in [1.165, 1.54) is 0 Å². The zero-order valence-electron chi connectivity index (χ0n) is 11.5. The summed E-state index contributed by atoms with van der Waals surface area (Å²) in [6.07, 6.45) is 0. The molecule has 2 rings (SSSR count). The van der Waals surface area contributed by atoms with Gasteiger partial charge in [0.15, 0.2) is 0 Å². The number of rotatable bonds is 4. The molecule has 0 saturated carbocycles. The van der Waals surface area contributed by atoms with Gasteiger partial charge in [-0.15, -0.1) is 0 Å². The predicted molar refractivity (Wildman–Crippen MR) is 93.4 cm³/mol. The summed E-state index contributed by atoms with van der Waals surface area (Å²) >= 11 is 6.57. The molecular weight excluding hydrogens is 420 g/mol. The smallest absolute Gasteiger partial charge is 0.263 e. The molecular formula is C14H14Br2N2O2S. The topological polar surface area (TPSA) is 49.4 Å². The summed E-state index contributed by atoms with van der Waals surface area (Å²) in [7, 11) is 0.0504. The summed E-state index contributed by atoms with van der Waals surface area (Å²) < 4.78 is 29.0. The van der Waals surface area contributed by atoms with Gasteiger partial charge in [-0.1, -0.05) is 28.1 Å². The maximum Gasteiger partial charge on any atom is 0.263 e. The minimum Gasteiger partial charge on any atom is -0.376 e. The lowest BCUT2D eigenvalue weighted by Crippen LogP contribution is -2.17. The first-order valence-electron chi connectivity index (χ1n) is 6.05. The quantitative estimate of drug-likeness (QED) is 0.790. The van der Waals surface area contributed by atoms with Crippen molar-refractivity contribution in [1.82, 2.24) is 0 Å². The third-order valence-corrected chi connectivity index (χ3v) is 5.67. The number of benzene rings is 2. The molecule has 0 radical (unpaired) electrons. The first-order chi connectivity index (χ1) is 9.81. The number of anilines is 2. The van der Waals surface area contributed by atoms with Gasteiger partial charge in [0.25, 0.3) is 10.0 Å². The van der Waals surface area contributed by atoms with Crippen molar-refractivity contribution < 1.29 is 8.42 Å². The molecule has 2 aromatic rings. The van der Waals surface area contributed by atoms with Crippen molar-refractivity contribution in [1.29, 1.82) is 0 Å². The van der Waals surface area contributed by atoms with Crippen molar-refractivity contribution in [3.63, 3.8) is 0 Å². The lowest BCUT2D eigenvalue weighted by atomic mass is 10.2. The summed E-state index contributed by atoms with van der Waals surface area (Å²) in [6, 6.07) is 12.3. The van der Waals surface area contributed by atoms with Crippen LogP contribution in [-0.4, -0.2) is 22.5 Å². The fourth-order valence-corrected chi connectivity index (χ4v) is 4.41. The van der Waals surface area contributed by atoms with Gasteiger partial charge in [0.1, 0.15) is 4.90 Å². The van der Waals surface area contributed by atoms with Crippen LogP contribution in [0.1, 0.15) is 0 Å². The number of hydrogen-bond donors (Lipinski definition) is 1. The number of para-hydroxylation sites is 2. The maximum absolute atomic E-state index is 12.6. The number of halogens is 2. The van der Waals surface area contributed by atoms with Crippen LogP contribution in [-0.2, 0) is 10.0 Å². The van der Waals surface area contributed by atoms with E-state index in [1.807, 2.05) is 31.1 Å². The van der Waals surface area contributed by atoms with Gasteiger partial charge in [-0.3, -0.25) is 4.72 Å². The lowest BCUT2D eigenvalue weighted by molar-refractivity contribution is 0.600. The average Bonchev–Trinajstić information content (AvgIpc) is 2.41. The summed E-state index contributed by atoms with van der Waals surface area (Å²) in [5.41, 5.74) is 1.33. The Morgan fingerprint density at radius 2 is 1.71 bits per heavy atom. The normalized spacial score (nSPS) is 11.2. The monoisotopic (exact) mass is 432 g/mol. The molecule has 0 aliphatic heterocycles. The minimum absolute atomic E-state index is 0.186. The Bertz CT molecular complexity index is 761. The van der Waals surface area contributed by atoms with Crippen molar-refractivity contribution >= 4 is 53.3 Å². The van der Waals surface area contributed by atoms with E-state index in [2.05, 4.69) is 36.6 Å². The van der Waals surface area contributed by atoms with E-state index >= 15 is 0 Å². The summed E-state index contributed by atoms with van der Waals surface area (Å²) in [4.78, 5) is 2.04. The Morgan fingerprint density at radius 1 is 1.05 bits per heavy atom. The summed E-state index contributed by atoms with van der Waals surface area (Å²) in [5, 5.41) is 0. The maximum atomic E-state index is 12.6. The predicted octanol–water partition coefficient (Wildman–Crippen LogP) is 4.08. The Morgan fingerprint density at radius 3 is 2.38 bits per heavy atom. The van der Waals surface area contributed by atoms with E-state index in [4.69, 9.17) is 0 Å². The van der Waals surface area contributed by atoms with Crippen molar-refractivity contribution in [2.24, 2.45) is 0 Å². The third kappa shape index (κ3) is 3.78. The van der Waals surface area contributed by atoms with Gasteiger partial charge in [0.2, 0.25) is 0 Å². The molecule has 0 spiro atoms. The standard InChI is InChI=1S/C14H14Br2N2O2S/c1-18(2)13-6-4-3-5-12(13)17-21(19,20)14-9-10(15)7-8-11(14)16/h3-9,17H,1-2H3. The number of sulfonamides is 1. The summed E-state index contributed by atoms with van der Waals surface area (Å²) in [5.74, 6) is 0. The Balaban J connectivity index is 2.45. The SMILES string of the molecule is CN(C)c1ccccc1NS(=O)(=O)c1cc(Br)ccc1Br. The molecule has 0 aliphatic carbocycles. The Kier molecular flexibility index (Phi) is 4.95. The lowest BCUT2D eigenvalue weighted by Gasteiger charge is -2.18. The van der Waals surface area contributed by atoms with E-state index in [0.29, 0.717) is 14.6 Å². The van der Waals surface area contributed by atoms with Crippen LogP contribution in [0.2, 0.25) is 0 Å². The molecule has 7 heteroatoms. The number of hydrogen-bond acceptors (Lipinski definition) is 3. The van der Waals surface area contributed by atoms with E-state index in [0.717, 1.165) is 5.69 Å².